The lowest BCUT2D eigenvalue weighted by Gasteiger charge is -2.20. The highest BCUT2D eigenvalue weighted by molar-refractivity contribution is 7.85. The van der Waals surface area contributed by atoms with Crippen LogP contribution in [0.1, 0.15) is 20.8 Å². The average molecular weight is 294 g/mol. The molecule has 0 radical (unpaired) electrons. The number of benzene rings is 1. The van der Waals surface area contributed by atoms with Gasteiger partial charge in [0.1, 0.15) is 0 Å². The summed E-state index contributed by atoms with van der Waals surface area (Å²) in [5.41, 5.74) is 0. The molecule has 5 heteroatoms. The molecule has 0 bridgehead atoms. The number of halogens is 2. The summed E-state index contributed by atoms with van der Waals surface area (Å²) >= 11 is 11.9. The molecule has 0 aliphatic rings. The van der Waals surface area contributed by atoms with Crippen LogP contribution < -0.4 is 5.32 Å². The standard InChI is InChI=1S/C12H17Cl2NOS/c1-4-15-8(2)9(3)17(16)12-7-10(13)5-6-11(12)14/h5-9,15H,4H2,1-3H3. The van der Waals surface area contributed by atoms with Crippen molar-refractivity contribution in [3.8, 4) is 0 Å². The third-order valence-corrected chi connectivity index (χ3v) is 5.21. The molecular formula is C12H17Cl2NOS. The van der Waals surface area contributed by atoms with Gasteiger partial charge in [0, 0.05) is 11.1 Å². The van der Waals surface area contributed by atoms with E-state index in [1.165, 1.54) is 0 Å². The highest BCUT2D eigenvalue weighted by Gasteiger charge is 2.21. The average Bonchev–Trinajstić information content (AvgIpc) is 2.30. The second-order valence-electron chi connectivity index (χ2n) is 3.92. The van der Waals surface area contributed by atoms with Gasteiger partial charge >= 0.3 is 0 Å². The highest BCUT2D eigenvalue weighted by atomic mass is 35.5. The third-order valence-electron chi connectivity index (χ3n) is 2.68. The zero-order valence-electron chi connectivity index (χ0n) is 10.2. The van der Waals surface area contributed by atoms with Crippen LogP contribution in [0.2, 0.25) is 10.0 Å². The first-order chi connectivity index (χ1) is 7.97. The van der Waals surface area contributed by atoms with Crippen molar-refractivity contribution in [2.45, 2.75) is 37.0 Å². The Kier molecular flexibility index (Phi) is 5.93. The van der Waals surface area contributed by atoms with Gasteiger partial charge in [-0.2, -0.15) is 0 Å². The van der Waals surface area contributed by atoms with Gasteiger partial charge in [-0.1, -0.05) is 30.1 Å². The molecule has 0 saturated heterocycles. The maximum atomic E-state index is 12.4. The minimum Gasteiger partial charge on any atom is -0.313 e. The Balaban J connectivity index is 2.92. The molecule has 1 N–H and O–H groups in total. The van der Waals surface area contributed by atoms with Gasteiger partial charge in [0.15, 0.2) is 0 Å². The summed E-state index contributed by atoms with van der Waals surface area (Å²) in [4.78, 5) is 0.608. The molecule has 0 amide bonds. The Labute approximate surface area is 115 Å². The van der Waals surface area contributed by atoms with E-state index >= 15 is 0 Å². The molecule has 17 heavy (non-hydrogen) atoms. The molecule has 0 saturated carbocycles. The molecule has 3 atom stereocenters. The minimum atomic E-state index is -1.16. The normalized spacial score (nSPS) is 16.5. The topological polar surface area (TPSA) is 29.1 Å². The van der Waals surface area contributed by atoms with E-state index in [2.05, 4.69) is 5.32 Å². The molecule has 96 valence electrons. The van der Waals surface area contributed by atoms with E-state index in [0.717, 1.165) is 6.54 Å². The summed E-state index contributed by atoms with van der Waals surface area (Å²) in [5, 5.41) is 4.30. The van der Waals surface area contributed by atoms with Gasteiger partial charge in [0.2, 0.25) is 0 Å². The van der Waals surface area contributed by atoms with Crippen molar-refractivity contribution >= 4 is 34.0 Å². The second-order valence-corrected chi connectivity index (χ2v) is 6.55. The molecule has 0 heterocycles. The quantitative estimate of drug-likeness (QED) is 0.900. The van der Waals surface area contributed by atoms with Crippen LogP contribution >= 0.6 is 23.2 Å². The van der Waals surface area contributed by atoms with E-state index in [0.29, 0.717) is 14.9 Å². The van der Waals surface area contributed by atoms with Crippen LogP contribution in [0.25, 0.3) is 0 Å². The summed E-state index contributed by atoms with van der Waals surface area (Å²) in [5.74, 6) is 0. The Morgan fingerprint density at radius 1 is 1.35 bits per heavy atom. The highest BCUT2D eigenvalue weighted by Crippen LogP contribution is 2.26. The molecule has 3 unspecified atom stereocenters. The van der Waals surface area contributed by atoms with Crippen LogP contribution in [0.4, 0.5) is 0 Å². The predicted molar refractivity (Wildman–Crippen MR) is 75.5 cm³/mol. The second kappa shape index (κ2) is 6.74. The maximum absolute atomic E-state index is 12.4. The lowest BCUT2D eigenvalue weighted by molar-refractivity contribution is 0.550. The van der Waals surface area contributed by atoms with Crippen molar-refractivity contribution in [1.82, 2.24) is 5.32 Å². The number of hydrogen-bond donors (Lipinski definition) is 1. The first-order valence-corrected chi connectivity index (χ1v) is 7.53. The summed E-state index contributed by atoms with van der Waals surface area (Å²) in [7, 11) is -1.16. The van der Waals surface area contributed by atoms with Crippen LogP contribution in [0, 0.1) is 0 Å². The van der Waals surface area contributed by atoms with Gasteiger partial charge < -0.3 is 5.32 Å². The largest absolute Gasteiger partial charge is 0.313 e. The fourth-order valence-corrected chi connectivity index (χ4v) is 3.46. The minimum absolute atomic E-state index is 0.0223. The van der Waals surface area contributed by atoms with Crippen LogP contribution in [0.3, 0.4) is 0 Å². The molecule has 0 fully saturated rings. The summed E-state index contributed by atoms with van der Waals surface area (Å²) in [6, 6.07) is 5.22. The molecular weight excluding hydrogens is 277 g/mol. The zero-order valence-corrected chi connectivity index (χ0v) is 12.5. The molecule has 1 rings (SSSR count). The van der Waals surface area contributed by atoms with Crippen molar-refractivity contribution < 1.29 is 4.21 Å². The molecule has 2 nitrogen and oxygen atoms in total. The number of nitrogens with one attached hydrogen (secondary N) is 1. The molecule has 0 aliphatic carbocycles. The molecule has 0 spiro atoms. The van der Waals surface area contributed by atoms with Gasteiger partial charge in [-0.3, -0.25) is 4.21 Å². The number of rotatable bonds is 5. The molecule has 0 aromatic heterocycles. The van der Waals surface area contributed by atoms with Crippen molar-refractivity contribution in [2.24, 2.45) is 0 Å². The van der Waals surface area contributed by atoms with Gasteiger partial charge in [0.25, 0.3) is 0 Å². The fourth-order valence-electron chi connectivity index (χ4n) is 1.50. The first-order valence-electron chi connectivity index (χ1n) is 5.56. The van der Waals surface area contributed by atoms with Crippen molar-refractivity contribution in [3.05, 3.63) is 28.2 Å². The van der Waals surface area contributed by atoms with Crippen molar-refractivity contribution in [1.29, 1.82) is 0 Å². The smallest absolute Gasteiger partial charge is 0.0592 e. The van der Waals surface area contributed by atoms with Gasteiger partial charge in [0.05, 0.1) is 26.0 Å². The summed E-state index contributed by atoms with van der Waals surface area (Å²) in [6.45, 7) is 6.84. The Hall–Kier alpha value is -0.0900. The first kappa shape index (κ1) is 15.0. The van der Waals surface area contributed by atoms with Crippen molar-refractivity contribution in [3.63, 3.8) is 0 Å². The molecule has 0 aliphatic heterocycles. The Bertz CT molecular complexity index is 411. The predicted octanol–water partition coefficient (Wildman–Crippen LogP) is 3.49. The van der Waals surface area contributed by atoms with E-state index in [9.17, 15) is 4.21 Å². The van der Waals surface area contributed by atoms with Crippen LogP contribution in [0.15, 0.2) is 23.1 Å². The van der Waals surface area contributed by atoms with E-state index < -0.39 is 10.8 Å². The number of hydrogen-bond acceptors (Lipinski definition) is 2. The third kappa shape index (κ3) is 3.95. The lowest BCUT2D eigenvalue weighted by Crippen LogP contribution is -2.37. The van der Waals surface area contributed by atoms with Crippen LogP contribution in [0.5, 0.6) is 0 Å². The summed E-state index contributed by atoms with van der Waals surface area (Å²) in [6.07, 6.45) is 0. The molecule has 1 aromatic carbocycles. The van der Waals surface area contributed by atoms with Gasteiger partial charge in [-0.25, -0.2) is 0 Å². The van der Waals surface area contributed by atoms with E-state index in [1.54, 1.807) is 18.2 Å². The van der Waals surface area contributed by atoms with E-state index in [1.807, 2.05) is 20.8 Å². The summed E-state index contributed by atoms with van der Waals surface area (Å²) < 4.78 is 12.4. The zero-order chi connectivity index (χ0) is 13.0. The maximum Gasteiger partial charge on any atom is 0.0592 e. The van der Waals surface area contributed by atoms with Crippen molar-refractivity contribution in [2.75, 3.05) is 6.54 Å². The SMILES string of the molecule is CCNC(C)C(C)S(=O)c1cc(Cl)ccc1Cl. The van der Waals surface area contributed by atoms with Crippen LogP contribution in [-0.4, -0.2) is 22.0 Å². The Morgan fingerprint density at radius 2 is 2.00 bits per heavy atom. The van der Waals surface area contributed by atoms with Gasteiger partial charge in [-0.05, 0) is 38.6 Å². The van der Waals surface area contributed by atoms with E-state index in [-0.39, 0.29) is 11.3 Å². The Morgan fingerprint density at radius 3 is 2.59 bits per heavy atom. The fraction of sp³-hybridized carbons (Fsp3) is 0.500. The van der Waals surface area contributed by atoms with E-state index in [4.69, 9.17) is 23.2 Å². The monoisotopic (exact) mass is 293 g/mol. The molecule has 1 aromatic rings. The van der Waals surface area contributed by atoms with Crippen LogP contribution in [-0.2, 0) is 10.8 Å². The van der Waals surface area contributed by atoms with Gasteiger partial charge in [-0.15, -0.1) is 0 Å². The lowest BCUT2D eigenvalue weighted by atomic mass is 10.2.